The molecule has 0 aliphatic carbocycles. The molecule has 0 bridgehead atoms. The number of imidazole rings is 1. The summed E-state index contributed by atoms with van der Waals surface area (Å²) in [4.78, 5) is 8.82. The topological polar surface area (TPSA) is 69.3 Å². The third kappa shape index (κ3) is 5.93. The Morgan fingerprint density at radius 2 is 1.76 bits per heavy atom. The lowest BCUT2D eigenvalue weighted by Crippen LogP contribution is -2.47. The second kappa shape index (κ2) is 10.0. The van der Waals surface area contributed by atoms with Crippen molar-refractivity contribution in [2.45, 2.75) is 50.6 Å². The molecule has 0 unspecified atom stereocenters. The molecule has 2 heterocycles. The number of benzene rings is 2. The van der Waals surface area contributed by atoms with Crippen molar-refractivity contribution in [2.75, 3.05) is 11.4 Å². The second-order valence-electron chi connectivity index (χ2n) is 8.88. The van der Waals surface area contributed by atoms with Crippen LogP contribution in [0.5, 0.6) is 0 Å². The van der Waals surface area contributed by atoms with Crippen LogP contribution in [0.1, 0.15) is 34.6 Å². The van der Waals surface area contributed by atoms with Crippen LogP contribution in [0.3, 0.4) is 0 Å². The van der Waals surface area contributed by atoms with Gasteiger partial charge in [-0.25, -0.2) is 13.4 Å². The van der Waals surface area contributed by atoms with Gasteiger partial charge in [0.15, 0.2) is 0 Å². The molecule has 1 N–H and O–H groups in total. The molecule has 0 saturated carbocycles. The van der Waals surface area contributed by atoms with Crippen LogP contribution in [0.4, 0.5) is 32.0 Å². The van der Waals surface area contributed by atoms with E-state index in [0.29, 0.717) is 17.9 Å². The Kier molecular flexibility index (Phi) is 7.30. The zero-order valence-electron chi connectivity index (χ0n) is 19.6. The number of aryl methyl sites for hydroxylation is 2. The van der Waals surface area contributed by atoms with E-state index in [9.17, 15) is 34.8 Å². The summed E-state index contributed by atoms with van der Waals surface area (Å²) in [6, 6.07) is 11.1. The Balaban J connectivity index is 1.82. The molecular weight excluding hydrogens is 522 g/mol. The summed E-state index contributed by atoms with van der Waals surface area (Å²) in [7, 11) is -5.82. The molecule has 13 heteroatoms. The van der Waals surface area contributed by atoms with Crippen LogP contribution in [0.2, 0.25) is 0 Å². The van der Waals surface area contributed by atoms with Gasteiger partial charge in [0, 0.05) is 24.8 Å². The highest BCUT2D eigenvalue weighted by atomic mass is 32.2. The number of halogens is 6. The summed E-state index contributed by atoms with van der Waals surface area (Å²) in [5, 5.41) is 0. The molecule has 1 aromatic heterocycles. The van der Waals surface area contributed by atoms with Crippen LogP contribution >= 0.6 is 0 Å². The van der Waals surface area contributed by atoms with E-state index in [-0.39, 0.29) is 28.5 Å². The van der Waals surface area contributed by atoms with E-state index < -0.39 is 46.4 Å². The van der Waals surface area contributed by atoms with Gasteiger partial charge in [-0.2, -0.15) is 30.6 Å². The smallest absolute Gasteiger partial charge is 0.361 e. The van der Waals surface area contributed by atoms with Crippen LogP contribution in [0.25, 0.3) is 0 Å². The zero-order valence-corrected chi connectivity index (χ0v) is 20.5. The molecule has 1 aliphatic rings. The highest BCUT2D eigenvalue weighted by Crippen LogP contribution is 2.39. The fourth-order valence-corrected chi connectivity index (χ4v) is 5.43. The predicted octanol–water partition coefficient (Wildman–Crippen LogP) is 5.41. The highest BCUT2D eigenvalue weighted by Gasteiger charge is 2.51. The normalized spacial score (nSPS) is 17.5. The van der Waals surface area contributed by atoms with Crippen LogP contribution in [-0.4, -0.2) is 40.8 Å². The lowest BCUT2D eigenvalue weighted by Gasteiger charge is -2.34. The largest absolute Gasteiger partial charge is 0.511 e. The fourth-order valence-electron chi connectivity index (χ4n) is 4.46. The number of hydrogen-bond acceptors (Lipinski definition) is 4. The minimum Gasteiger partial charge on any atom is -0.361 e. The quantitative estimate of drug-likeness (QED) is 0.420. The number of sulfonamides is 1. The highest BCUT2D eigenvalue weighted by molar-refractivity contribution is 7.89. The Bertz CT molecular complexity index is 1340. The number of nitrogens with zero attached hydrogens (tertiary/aromatic N) is 3. The summed E-state index contributed by atoms with van der Waals surface area (Å²) in [6.07, 6.45) is -2.56. The number of hydrogen-bond donors (Lipinski definition) is 1. The molecule has 0 amide bonds. The van der Waals surface area contributed by atoms with E-state index in [0.717, 1.165) is 17.7 Å². The molecule has 4 rings (SSSR count). The van der Waals surface area contributed by atoms with Gasteiger partial charge in [-0.3, -0.25) is 0 Å². The third-order valence-electron chi connectivity index (χ3n) is 6.26. The summed E-state index contributed by atoms with van der Waals surface area (Å²) in [5.41, 5.74) is -5.13. The number of H-pyrrole nitrogens is 1. The first kappa shape index (κ1) is 27.0. The van der Waals surface area contributed by atoms with Crippen molar-refractivity contribution in [1.29, 1.82) is 0 Å². The van der Waals surface area contributed by atoms with Crippen molar-refractivity contribution in [1.82, 2.24) is 14.3 Å². The number of rotatable bonds is 6. The first-order valence-corrected chi connectivity index (χ1v) is 12.8. The lowest BCUT2D eigenvalue weighted by molar-refractivity contribution is -0.137. The monoisotopic (exact) mass is 546 g/mol. The summed E-state index contributed by atoms with van der Waals surface area (Å²) in [5.74, 6) is 0.583. The molecule has 6 nitrogen and oxygen atoms in total. The Hall–Kier alpha value is -3.06. The number of aromatic amines is 1. The van der Waals surface area contributed by atoms with Crippen molar-refractivity contribution in [3.8, 4) is 0 Å². The van der Waals surface area contributed by atoms with Gasteiger partial charge in [-0.05, 0) is 49.1 Å². The molecule has 1 aliphatic heterocycles. The number of aromatic nitrogens is 2. The van der Waals surface area contributed by atoms with Gasteiger partial charge in [-0.1, -0.05) is 30.3 Å². The molecule has 2 aromatic carbocycles. The lowest BCUT2D eigenvalue weighted by atomic mass is 10.0. The second-order valence-corrected chi connectivity index (χ2v) is 10.8. The van der Waals surface area contributed by atoms with E-state index in [2.05, 4.69) is 9.97 Å². The summed E-state index contributed by atoms with van der Waals surface area (Å²) in [6.45, 7) is 0.387. The zero-order chi connectivity index (χ0) is 27.0. The molecule has 0 saturated heterocycles. The minimum absolute atomic E-state index is 0.0819. The van der Waals surface area contributed by atoms with E-state index in [1.54, 1.807) is 11.8 Å². The summed E-state index contributed by atoms with van der Waals surface area (Å²) < 4.78 is 106. The molecule has 0 spiro atoms. The molecular formula is C24H24F6N4O2S. The van der Waals surface area contributed by atoms with Crippen LogP contribution in [-0.2, 0) is 35.7 Å². The maximum atomic E-state index is 13.6. The van der Waals surface area contributed by atoms with E-state index in [4.69, 9.17) is 0 Å². The molecule has 200 valence electrons. The Morgan fingerprint density at radius 1 is 1.05 bits per heavy atom. The molecule has 0 radical (unpaired) electrons. The molecule has 37 heavy (non-hydrogen) atoms. The third-order valence-corrected chi connectivity index (χ3v) is 7.80. The van der Waals surface area contributed by atoms with Crippen molar-refractivity contribution in [3.05, 3.63) is 82.9 Å². The Morgan fingerprint density at radius 3 is 2.35 bits per heavy atom. The van der Waals surface area contributed by atoms with Crippen molar-refractivity contribution in [3.63, 3.8) is 0 Å². The van der Waals surface area contributed by atoms with Gasteiger partial charge in [0.25, 0.3) is 0 Å². The first-order chi connectivity index (χ1) is 17.3. The van der Waals surface area contributed by atoms with Crippen molar-refractivity contribution < 1.29 is 34.8 Å². The van der Waals surface area contributed by atoms with E-state index in [1.807, 2.05) is 30.3 Å². The van der Waals surface area contributed by atoms with Crippen LogP contribution in [0, 0.1) is 6.92 Å². The maximum Gasteiger partial charge on any atom is 0.511 e. The fraction of sp³-hybridized carbons (Fsp3) is 0.375. The average molecular weight is 547 g/mol. The number of fused-ring (bicyclic) bond motifs is 1. The molecule has 1 atom stereocenters. The minimum atomic E-state index is -5.82. The Labute approximate surface area is 210 Å². The van der Waals surface area contributed by atoms with Crippen LogP contribution < -0.4 is 4.90 Å². The summed E-state index contributed by atoms with van der Waals surface area (Å²) >= 11 is 0. The maximum absolute atomic E-state index is 13.6. The van der Waals surface area contributed by atoms with Gasteiger partial charge in [0.05, 0.1) is 24.0 Å². The number of alkyl halides is 6. The average Bonchev–Trinajstić information content (AvgIpc) is 3.16. The van der Waals surface area contributed by atoms with Gasteiger partial charge in [0.2, 0.25) is 0 Å². The number of nitrogens with one attached hydrogen (secondary N) is 1. The SMILES string of the molecule is Cc1ncc(CN2c3ccc(C(F)(F)F)cc3CN(S(=O)(=O)C(F)(F)F)C[C@H]2CCc2ccccc2)[nH]1. The van der Waals surface area contributed by atoms with E-state index in [1.165, 1.54) is 12.3 Å². The van der Waals surface area contributed by atoms with Gasteiger partial charge in [0.1, 0.15) is 5.82 Å². The van der Waals surface area contributed by atoms with E-state index >= 15 is 0 Å². The number of anilines is 1. The van der Waals surface area contributed by atoms with Gasteiger partial charge >= 0.3 is 21.7 Å². The molecule has 0 fully saturated rings. The molecule has 3 aromatic rings. The predicted molar refractivity (Wildman–Crippen MR) is 125 cm³/mol. The van der Waals surface area contributed by atoms with Crippen molar-refractivity contribution in [2.24, 2.45) is 0 Å². The van der Waals surface area contributed by atoms with Crippen molar-refractivity contribution >= 4 is 15.7 Å². The van der Waals surface area contributed by atoms with Crippen LogP contribution in [0.15, 0.2) is 54.7 Å². The van der Waals surface area contributed by atoms with Gasteiger partial charge < -0.3 is 9.88 Å². The van der Waals surface area contributed by atoms with Gasteiger partial charge in [-0.15, -0.1) is 0 Å². The standard InChI is InChI=1S/C24H24F6N4O2S/c1-16-31-12-20(32-16)14-34-21(9-7-17-5-3-2-4-6-17)15-33(37(35,36)24(28,29)30)13-18-11-19(23(25,26)27)8-10-22(18)34/h2-6,8,10-12,21H,7,9,13-15H2,1H3,(H,31,32)/t21-/m1/s1. The first-order valence-electron chi connectivity index (χ1n) is 11.3.